The second-order valence-corrected chi connectivity index (χ2v) is 11.0. The van der Waals surface area contributed by atoms with Crippen LogP contribution in [-0.4, -0.2) is 23.6 Å². The van der Waals surface area contributed by atoms with E-state index in [4.69, 9.17) is 5.73 Å². The molecule has 4 aromatic rings. The summed E-state index contributed by atoms with van der Waals surface area (Å²) < 4.78 is 0. The molecule has 2 unspecified atom stereocenters. The number of nitrogens with two attached hydrogens (primary N) is 1. The Labute approximate surface area is 237 Å². The number of anilines is 1. The molecular formula is C35H39N3O2. The van der Waals surface area contributed by atoms with Crippen molar-refractivity contribution in [2.24, 2.45) is 5.73 Å². The van der Waals surface area contributed by atoms with Gasteiger partial charge in [0, 0.05) is 12.2 Å². The fraction of sp³-hybridized carbons (Fsp3) is 0.286. The first-order valence-electron chi connectivity index (χ1n) is 14.2. The molecule has 2 atom stereocenters. The molecule has 1 heterocycles. The van der Waals surface area contributed by atoms with Gasteiger partial charge in [0.25, 0.3) is 0 Å². The van der Waals surface area contributed by atoms with Crippen LogP contribution in [0.5, 0.6) is 5.75 Å². The Morgan fingerprint density at radius 3 is 2.25 bits per heavy atom. The number of carbonyl (C=O) groups excluding carboxylic acids is 1. The molecule has 5 heteroatoms. The molecule has 0 bridgehead atoms. The van der Waals surface area contributed by atoms with Crippen LogP contribution in [0.4, 0.5) is 5.69 Å². The van der Waals surface area contributed by atoms with Gasteiger partial charge in [-0.15, -0.1) is 0 Å². The molecule has 5 rings (SSSR count). The SMILES string of the molecule is Cc1cc(O)cc(C)c1CC(N)C(=O)NC1CCNc2c(CCc3ccccc3)cc(Cc3ccccc3)cc21. The van der Waals surface area contributed by atoms with Crippen LogP contribution in [0.1, 0.15) is 57.0 Å². The fourth-order valence-electron chi connectivity index (χ4n) is 5.87. The zero-order chi connectivity index (χ0) is 28.1. The molecule has 5 nitrogen and oxygen atoms in total. The van der Waals surface area contributed by atoms with Gasteiger partial charge in [-0.2, -0.15) is 0 Å². The van der Waals surface area contributed by atoms with Crippen LogP contribution in [0, 0.1) is 13.8 Å². The van der Waals surface area contributed by atoms with E-state index >= 15 is 0 Å². The summed E-state index contributed by atoms with van der Waals surface area (Å²) >= 11 is 0. The minimum Gasteiger partial charge on any atom is -0.508 e. The Hall–Kier alpha value is -4.09. The maximum atomic E-state index is 13.4. The number of carbonyl (C=O) groups is 1. The van der Waals surface area contributed by atoms with E-state index in [9.17, 15) is 9.90 Å². The lowest BCUT2D eigenvalue weighted by molar-refractivity contribution is -0.123. The summed E-state index contributed by atoms with van der Waals surface area (Å²) in [6, 6.07) is 28.3. The van der Waals surface area contributed by atoms with Gasteiger partial charge in [0.2, 0.25) is 5.91 Å². The molecule has 0 spiro atoms. The van der Waals surface area contributed by atoms with Crippen LogP contribution in [0.25, 0.3) is 0 Å². The van der Waals surface area contributed by atoms with Gasteiger partial charge in [-0.05, 0) is 103 Å². The van der Waals surface area contributed by atoms with Gasteiger partial charge < -0.3 is 21.5 Å². The van der Waals surface area contributed by atoms with Gasteiger partial charge in [0.1, 0.15) is 5.75 Å². The lowest BCUT2D eigenvalue weighted by atomic mass is 9.88. The van der Waals surface area contributed by atoms with E-state index in [1.165, 1.54) is 22.3 Å². The maximum absolute atomic E-state index is 13.4. The van der Waals surface area contributed by atoms with Crippen molar-refractivity contribution in [3.8, 4) is 5.75 Å². The highest BCUT2D eigenvalue weighted by molar-refractivity contribution is 5.83. The van der Waals surface area contributed by atoms with E-state index in [1.807, 2.05) is 19.9 Å². The summed E-state index contributed by atoms with van der Waals surface area (Å²) in [6.45, 7) is 4.68. The smallest absolute Gasteiger partial charge is 0.237 e. The number of aryl methyl sites for hydroxylation is 4. The number of phenols is 1. The largest absolute Gasteiger partial charge is 0.508 e. The Balaban J connectivity index is 1.39. The molecular weight excluding hydrogens is 494 g/mol. The predicted octanol–water partition coefficient (Wildman–Crippen LogP) is 5.93. The van der Waals surface area contributed by atoms with Crippen LogP contribution < -0.4 is 16.4 Å². The summed E-state index contributed by atoms with van der Waals surface area (Å²) in [7, 11) is 0. The number of hydrogen-bond donors (Lipinski definition) is 4. The molecule has 1 aliphatic rings. The fourth-order valence-corrected chi connectivity index (χ4v) is 5.87. The van der Waals surface area contributed by atoms with Gasteiger partial charge in [0.05, 0.1) is 12.1 Å². The van der Waals surface area contributed by atoms with Crippen molar-refractivity contribution < 1.29 is 9.90 Å². The molecule has 0 saturated heterocycles. The third-order valence-electron chi connectivity index (χ3n) is 7.96. The van der Waals surface area contributed by atoms with Gasteiger partial charge in [0.15, 0.2) is 0 Å². The van der Waals surface area contributed by atoms with E-state index in [2.05, 4.69) is 77.4 Å². The molecule has 5 N–H and O–H groups in total. The number of amides is 1. The Morgan fingerprint density at radius 2 is 1.57 bits per heavy atom. The average molecular weight is 534 g/mol. The molecule has 0 radical (unpaired) electrons. The van der Waals surface area contributed by atoms with E-state index in [1.54, 1.807) is 12.1 Å². The van der Waals surface area contributed by atoms with Crippen LogP contribution in [0.2, 0.25) is 0 Å². The molecule has 1 amide bonds. The standard InChI is InChI=1S/C35H39N3O2/c1-23-17-29(39)18-24(2)30(23)22-32(36)35(40)38-33-15-16-37-34-28(14-13-25-9-5-3-6-10-25)20-27(21-31(33)34)19-26-11-7-4-8-12-26/h3-12,17-18,20-21,32-33,37,39H,13-16,19,22,36H2,1-2H3,(H,38,40). The molecule has 4 aromatic carbocycles. The predicted molar refractivity (Wildman–Crippen MR) is 163 cm³/mol. The topological polar surface area (TPSA) is 87.4 Å². The highest BCUT2D eigenvalue weighted by Gasteiger charge is 2.27. The van der Waals surface area contributed by atoms with Crippen molar-refractivity contribution in [1.82, 2.24) is 5.32 Å². The van der Waals surface area contributed by atoms with Gasteiger partial charge in [-0.1, -0.05) is 72.8 Å². The second kappa shape index (κ2) is 12.4. The maximum Gasteiger partial charge on any atom is 0.237 e. The van der Waals surface area contributed by atoms with E-state index in [0.29, 0.717) is 6.42 Å². The summed E-state index contributed by atoms with van der Waals surface area (Å²) in [5.41, 5.74) is 16.7. The summed E-state index contributed by atoms with van der Waals surface area (Å²) in [4.78, 5) is 13.4. The van der Waals surface area contributed by atoms with Crippen molar-refractivity contribution >= 4 is 11.6 Å². The number of aromatic hydroxyl groups is 1. The van der Waals surface area contributed by atoms with Crippen molar-refractivity contribution in [2.45, 2.75) is 58.0 Å². The van der Waals surface area contributed by atoms with Crippen molar-refractivity contribution in [2.75, 3.05) is 11.9 Å². The third-order valence-corrected chi connectivity index (χ3v) is 7.96. The number of nitrogens with one attached hydrogen (secondary N) is 2. The minimum atomic E-state index is -0.676. The second-order valence-electron chi connectivity index (χ2n) is 11.0. The Kier molecular flexibility index (Phi) is 8.51. The van der Waals surface area contributed by atoms with E-state index in [-0.39, 0.29) is 17.7 Å². The number of rotatable bonds is 9. The Morgan fingerprint density at radius 1 is 0.925 bits per heavy atom. The highest BCUT2D eigenvalue weighted by Crippen LogP contribution is 2.35. The summed E-state index contributed by atoms with van der Waals surface area (Å²) in [5, 5.41) is 16.8. The summed E-state index contributed by atoms with van der Waals surface area (Å²) in [5.74, 6) is 0.0847. The molecule has 0 aromatic heterocycles. The quantitative estimate of drug-likeness (QED) is 0.215. The number of hydrogen-bond acceptors (Lipinski definition) is 4. The third kappa shape index (κ3) is 6.54. The first-order chi connectivity index (χ1) is 19.4. The molecule has 206 valence electrons. The van der Waals surface area contributed by atoms with Crippen LogP contribution in [0.15, 0.2) is 84.9 Å². The van der Waals surface area contributed by atoms with Gasteiger partial charge in [-0.3, -0.25) is 4.79 Å². The molecule has 0 aliphatic carbocycles. The van der Waals surface area contributed by atoms with Gasteiger partial charge >= 0.3 is 0 Å². The van der Waals surface area contributed by atoms with Crippen LogP contribution in [0.3, 0.4) is 0 Å². The van der Waals surface area contributed by atoms with Crippen molar-refractivity contribution in [3.05, 3.63) is 129 Å². The monoisotopic (exact) mass is 533 g/mol. The first kappa shape index (κ1) is 27.5. The summed E-state index contributed by atoms with van der Waals surface area (Å²) in [6.07, 6.45) is 3.94. The van der Waals surface area contributed by atoms with E-state index in [0.717, 1.165) is 60.2 Å². The van der Waals surface area contributed by atoms with Crippen molar-refractivity contribution in [1.29, 1.82) is 0 Å². The lowest BCUT2D eigenvalue weighted by Gasteiger charge is -2.31. The average Bonchev–Trinajstić information content (AvgIpc) is 2.95. The highest BCUT2D eigenvalue weighted by atomic mass is 16.3. The number of fused-ring (bicyclic) bond motifs is 1. The molecule has 40 heavy (non-hydrogen) atoms. The molecule has 0 fully saturated rings. The van der Waals surface area contributed by atoms with Crippen LogP contribution in [-0.2, 0) is 30.5 Å². The number of benzene rings is 4. The van der Waals surface area contributed by atoms with Gasteiger partial charge in [-0.25, -0.2) is 0 Å². The lowest BCUT2D eigenvalue weighted by Crippen LogP contribution is -2.45. The minimum absolute atomic E-state index is 0.108. The van der Waals surface area contributed by atoms with Crippen LogP contribution >= 0.6 is 0 Å². The van der Waals surface area contributed by atoms with E-state index < -0.39 is 6.04 Å². The Bertz CT molecular complexity index is 1440. The zero-order valence-electron chi connectivity index (χ0n) is 23.4. The van der Waals surface area contributed by atoms with Crippen molar-refractivity contribution in [3.63, 3.8) is 0 Å². The normalized spacial score (nSPS) is 15.1. The molecule has 0 saturated carbocycles. The zero-order valence-corrected chi connectivity index (χ0v) is 23.4. The number of phenolic OH excluding ortho intramolecular Hbond substituents is 1. The molecule has 1 aliphatic heterocycles. The first-order valence-corrected chi connectivity index (χ1v) is 14.2.